The molecule has 1 saturated heterocycles. The molecule has 1 aliphatic heterocycles. The highest BCUT2D eigenvalue weighted by molar-refractivity contribution is 5.33. The molecule has 1 N–H and O–H groups in total. The van der Waals surface area contributed by atoms with E-state index in [1.807, 2.05) is 0 Å². The SMILES string of the molecule is FC(F)(F)c1ccccc1[C@H]1CCCNC1. The third-order valence-corrected chi connectivity index (χ3v) is 3.00. The molecule has 1 nitrogen and oxygen atoms in total. The van der Waals surface area contributed by atoms with Crippen molar-refractivity contribution in [2.24, 2.45) is 0 Å². The Morgan fingerprint density at radius 3 is 2.56 bits per heavy atom. The maximum absolute atomic E-state index is 12.8. The summed E-state index contributed by atoms with van der Waals surface area (Å²) in [5, 5.41) is 3.14. The van der Waals surface area contributed by atoms with Gasteiger partial charge in [-0.3, -0.25) is 0 Å². The van der Waals surface area contributed by atoms with E-state index in [9.17, 15) is 13.2 Å². The smallest absolute Gasteiger partial charge is 0.316 e. The third kappa shape index (κ3) is 2.38. The van der Waals surface area contributed by atoms with Gasteiger partial charge < -0.3 is 5.32 Å². The van der Waals surface area contributed by atoms with Crippen LogP contribution in [0.15, 0.2) is 24.3 Å². The van der Waals surface area contributed by atoms with E-state index in [1.54, 1.807) is 12.1 Å². The van der Waals surface area contributed by atoms with Crippen molar-refractivity contribution in [3.63, 3.8) is 0 Å². The van der Waals surface area contributed by atoms with Crippen LogP contribution in [0.1, 0.15) is 29.9 Å². The highest BCUT2D eigenvalue weighted by Gasteiger charge is 2.34. The van der Waals surface area contributed by atoms with Gasteiger partial charge in [-0.2, -0.15) is 13.2 Å². The lowest BCUT2D eigenvalue weighted by molar-refractivity contribution is -0.138. The molecule has 0 radical (unpaired) electrons. The van der Waals surface area contributed by atoms with Gasteiger partial charge in [0, 0.05) is 6.54 Å². The molecular weight excluding hydrogens is 215 g/mol. The summed E-state index contributed by atoms with van der Waals surface area (Å²) in [4.78, 5) is 0. The van der Waals surface area contributed by atoms with Gasteiger partial charge in [0.05, 0.1) is 5.56 Å². The van der Waals surface area contributed by atoms with E-state index in [4.69, 9.17) is 0 Å². The molecule has 0 amide bonds. The third-order valence-electron chi connectivity index (χ3n) is 3.00. The van der Waals surface area contributed by atoms with E-state index in [0.29, 0.717) is 12.1 Å². The Hall–Kier alpha value is -1.03. The first-order valence-corrected chi connectivity index (χ1v) is 5.46. The number of hydrogen-bond acceptors (Lipinski definition) is 1. The fourth-order valence-electron chi connectivity index (χ4n) is 2.23. The van der Waals surface area contributed by atoms with Crippen LogP contribution in [0.2, 0.25) is 0 Å². The maximum atomic E-state index is 12.8. The molecule has 1 atom stereocenters. The maximum Gasteiger partial charge on any atom is 0.416 e. The van der Waals surface area contributed by atoms with E-state index < -0.39 is 11.7 Å². The predicted octanol–water partition coefficient (Wildman–Crippen LogP) is 3.17. The molecule has 2 rings (SSSR count). The number of halogens is 3. The van der Waals surface area contributed by atoms with Crippen LogP contribution in [0.5, 0.6) is 0 Å². The minimum atomic E-state index is -4.24. The minimum Gasteiger partial charge on any atom is -0.316 e. The summed E-state index contributed by atoms with van der Waals surface area (Å²) in [6.45, 7) is 1.55. The van der Waals surface area contributed by atoms with Crippen LogP contribution in [0.25, 0.3) is 0 Å². The van der Waals surface area contributed by atoms with Crippen molar-refractivity contribution in [2.45, 2.75) is 24.9 Å². The number of hydrogen-bond donors (Lipinski definition) is 1. The average molecular weight is 229 g/mol. The van der Waals surface area contributed by atoms with Crippen LogP contribution in [0.3, 0.4) is 0 Å². The molecule has 4 heteroatoms. The second-order valence-electron chi connectivity index (χ2n) is 4.13. The van der Waals surface area contributed by atoms with Crippen LogP contribution >= 0.6 is 0 Å². The number of rotatable bonds is 1. The molecule has 1 aliphatic rings. The second kappa shape index (κ2) is 4.45. The van der Waals surface area contributed by atoms with Gasteiger partial charge in [-0.1, -0.05) is 18.2 Å². The largest absolute Gasteiger partial charge is 0.416 e. The van der Waals surface area contributed by atoms with Gasteiger partial charge in [0.25, 0.3) is 0 Å². The Morgan fingerprint density at radius 1 is 1.19 bits per heavy atom. The lowest BCUT2D eigenvalue weighted by atomic mass is 9.88. The van der Waals surface area contributed by atoms with Gasteiger partial charge in [-0.15, -0.1) is 0 Å². The van der Waals surface area contributed by atoms with Crippen LogP contribution < -0.4 is 5.32 Å². The highest BCUT2D eigenvalue weighted by atomic mass is 19.4. The molecule has 1 aromatic rings. The fourth-order valence-corrected chi connectivity index (χ4v) is 2.23. The van der Waals surface area contributed by atoms with E-state index in [2.05, 4.69) is 5.32 Å². The molecule has 88 valence electrons. The summed E-state index contributed by atoms with van der Waals surface area (Å²) in [5.41, 5.74) is -0.0501. The van der Waals surface area contributed by atoms with Gasteiger partial charge in [-0.05, 0) is 36.9 Å². The molecular formula is C12H14F3N. The highest BCUT2D eigenvalue weighted by Crippen LogP contribution is 2.36. The Bertz CT molecular complexity index is 354. The zero-order valence-electron chi connectivity index (χ0n) is 8.85. The Labute approximate surface area is 92.7 Å². The Balaban J connectivity index is 2.32. The van der Waals surface area contributed by atoms with Crippen molar-refractivity contribution in [1.82, 2.24) is 5.32 Å². The van der Waals surface area contributed by atoms with Crippen molar-refractivity contribution >= 4 is 0 Å². The monoisotopic (exact) mass is 229 g/mol. The second-order valence-corrected chi connectivity index (χ2v) is 4.13. The normalized spacial score (nSPS) is 22.1. The van der Waals surface area contributed by atoms with Crippen molar-refractivity contribution < 1.29 is 13.2 Å². The van der Waals surface area contributed by atoms with Crippen LogP contribution in [0.4, 0.5) is 13.2 Å². The Morgan fingerprint density at radius 2 is 1.94 bits per heavy atom. The van der Waals surface area contributed by atoms with Gasteiger partial charge in [0.1, 0.15) is 0 Å². The molecule has 0 spiro atoms. The van der Waals surface area contributed by atoms with E-state index in [0.717, 1.165) is 19.4 Å². The fraction of sp³-hybridized carbons (Fsp3) is 0.500. The lowest BCUT2D eigenvalue weighted by Gasteiger charge is -2.25. The summed E-state index contributed by atoms with van der Waals surface area (Å²) in [6.07, 6.45) is -2.47. The van der Waals surface area contributed by atoms with Gasteiger partial charge >= 0.3 is 6.18 Å². The minimum absolute atomic E-state index is 0.00780. The summed E-state index contributed by atoms with van der Waals surface area (Å²) in [5.74, 6) is -0.00780. The van der Waals surface area contributed by atoms with E-state index in [1.165, 1.54) is 12.1 Å². The Kier molecular flexibility index (Phi) is 3.19. The molecule has 1 fully saturated rings. The van der Waals surface area contributed by atoms with Crippen LogP contribution in [0, 0.1) is 0 Å². The van der Waals surface area contributed by atoms with Crippen molar-refractivity contribution in [1.29, 1.82) is 0 Å². The number of alkyl halides is 3. The van der Waals surface area contributed by atoms with Gasteiger partial charge in [-0.25, -0.2) is 0 Å². The van der Waals surface area contributed by atoms with Crippen molar-refractivity contribution in [3.05, 3.63) is 35.4 Å². The molecule has 0 bridgehead atoms. The zero-order valence-corrected chi connectivity index (χ0v) is 8.85. The van der Waals surface area contributed by atoms with Gasteiger partial charge in [0.15, 0.2) is 0 Å². The molecule has 1 heterocycles. The molecule has 0 saturated carbocycles. The van der Waals surface area contributed by atoms with Gasteiger partial charge in [0.2, 0.25) is 0 Å². The zero-order chi connectivity index (χ0) is 11.6. The standard InChI is InChI=1S/C12H14F3N/c13-12(14,15)11-6-2-1-5-10(11)9-4-3-7-16-8-9/h1-2,5-6,9,16H,3-4,7-8H2/t9-/m0/s1. The first kappa shape index (κ1) is 11.5. The first-order chi connectivity index (χ1) is 7.59. The average Bonchev–Trinajstić information content (AvgIpc) is 2.29. The molecule has 16 heavy (non-hydrogen) atoms. The molecule has 0 aromatic heterocycles. The molecule has 1 aromatic carbocycles. The summed E-state index contributed by atoms with van der Waals surface area (Å²) >= 11 is 0. The number of benzene rings is 1. The van der Waals surface area contributed by atoms with E-state index >= 15 is 0 Å². The van der Waals surface area contributed by atoms with Crippen molar-refractivity contribution in [2.75, 3.05) is 13.1 Å². The van der Waals surface area contributed by atoms with Crippen molar-refractivity contribution in [3.8, 4) is 0 Å². The molecule has 0 unspecified atom stereocenters. The topological polar surface area (TPSA) is 12.0 Å². The number of nitrogens with one attached hydrogen (secondary N) is 1. The number of piperidine rings is 1. The first-order valence-electron chi connectivity index (χ1n) is 5.46. The van der Waals surface area contributed by atoms with E-state index in [-0.39, 0.29) is 5.92 Å². The summed E-state index contributed by atoms with van der Waals surface area (Å²) in [6, 6.07) is 5.90. The lowest BCUT2D eigenvalue weighted by Crippen LogP contribution is -2.29. The summed E-state index contributed by atoms with van der Waals surface area (Å²) in [7, 11) is 0. The van der Waals surface area contributed by atoms with Crippen LogP contribution in [-0.4, -0.2) is 13.1 Å². The predicted molar refractivity (Wildman–Crippen MR) is 56.3 cm³/mol. The quantitative estimate of drug-likeness (QED) is 0.780. The molecule has 0 aliphatic carbocycles. The summed E-state index contributed by atoms with van der Waals surface area (Å²) < 4.78 is 38.3. The van der Waals surface area contributed by atoms with Crippen LogP contribution in [-0.2, 0) is 6.18 Å².